The van der Waals surface area contributed by atoms with Gasteiger partial charge in [0.25, 0.3) is 5.91 Å². The van der Waals surface area contributed by atoms with Crippen LogP contribution in [0.1, 0.15) is 36.0 Å². The Morgan fingerprint density at radius 2 is 2.03 bits per heavy atom. The zero-order chi connectivity index (χ0) is 22.4. The predicted octanol–water partition coefficient (Wildman–Crippen LogP) is 5.02. The molecule has 1 amide bonds. The summed E-state index contributed by atoms with van der Waals surface area (Å²) in [5.41, 5.74) is 1.70. The molecule has 1 heterocycles. The Morgan fingerprint density at radius 1 is 1.29 bits per heavy atom. The van der Waals surface area contributed by atoms with Crippen molar-refractivity contribution in [2.45, 2.75) is 37.9 Å². The Balaban J connectivity index is 1.88. The van der Waals surface area contributed by atoms with Gasteiger partial charge in [0.15, 0.2) is 6.61 Å². The Hall–Kier alpha value is -2.81. The van der Waals surface area contributed by atoms with Gasteiger partial charge in [-0.05, 0) is 43.0 Å². The average molecular weight is 456 g/mol. The van der Waals surface area contributed by atoms with Crippen LogP contribution in [-0.4, -0.2) is 42.5 Å². The van der Waals surface area contributed by atoms with Crippen molar-refractivity contribution >= 4 is 23.2 Å². The molecule has 10 heteroatoms. The largest absolute Gasteiger partial charge is 0.468 e. The fourth-order valence-corrected chi connectivity index (χ4v) is 3.42. The van der Waals surface area contributed by atoms with Crippen molar-refractivity contribution in [3.63, 3.8) is 0 Å². The van der Waals surface area contributed by atoms with E-state index in [1.807, 2.05) is 0 Å². The monoisotopic (exact) mass is 455 g/mol. The van der Waals surface area contributed by atoms with E-state index >= 15 is 0 Å². The molecule has 1 aliphatic rings. The minimum Gasteiger partial charge on any atom is -0.468 e. The highest BCUT2D eigenvalue weighted by Gasteiger charge is 2.30. The first kappa shape index (κ1) is 22.9. The van der Waals surface area contributed by atoms with E-state index in [-0.39, 0.29) is 23.0 Å². The lowest BCUT2D eigenvalue weighted by molar-refractivity contribution is -0.154. The fourth-order valence-electron chi connectivity index (χ4n) is 3.30. The third-order valence-corrected chi connectivity index (χ3v) is 4.98. The molecule has 0 saturated heterocycles. The number of oxime groups is 1. The van der Waals surface area contributed by atoms with Crippen molar-refractivity contribution in [3.05, 3.63) is 47.1 Å². The number of ether oxygens (including phenoxy) is 1. The molecule has 1 fully saturated rings. The van der Waals surface area contributed by atoms with Crippen LogP contribution in [0.2, 0.25) is 5.02 Å². The molecule has 1 N–H and O–H groups in total. The highest BCUT2D eigenvalue weighted by molar-refractivity contribution is 6.30. The number of pyridine rings is 1. The number of aromatic nitrogens is 1. The van der Waals surface area contributed by atoms with E-state index in [9.17, 15) is 18.0 Å². The molecular weight excluding hydrogens is 435 g/mol. The van der Waals surface area contributed by atoms with E-state index in [1.165, 1.54) is 19.4 Å². The quantitative estimate of drug-likeness (QED) is 0.621. The van der Waals surface area contributed by atoms with Crippen LogP contribution in [0.25, 0.3) is 11.1 Å². The molecule has 0 aliphatic heterocycles. The summed E-state index contributed by atoms with van der Waals surface area (Å²) in [4.78, 5) is 21.7. The standard InChI is InChI=1S/C21H21ClF3N3O3/c1-30-28-18-5-3-2-4-17(18)27-19(29)14-10-16(13-6-8-15(22)9-7-13)20(26-11-14)31-12-21(23,24)25/h6-11,17H,2-5,12H2,1H3,(H,27,29). The number of hydrogen-bond acceptors (Lipinski definition) is 5. The number of carbonyl (C=O) groups is 1. The van der Waals surface area contributed by atoms with E-state index in [2.05, 4.69) is 15.5 Å². The maximum atomic E-state index is 12.8. The summed E-state index contributed by atoms with van der Waals surface area (Å²) in [6.45, 7) is -1.49. The first-order valence-electron chi connectivity index (χ1n) is 9.63. The topological polar surface area (TPSA) is 72.8 Å². The SMILES string of the molecule is CON=C1CCCCC1NC(=O)c1cnc(OCC(F)(F)F)c(-c2ccc(Cl)cc2)c1. The van der Waals surface area contributed by atoms with Gasteiger partial charge in [0.1, 0.15) is 7.11 Å². The highest BCUT2D eigenvalue weighted by atomic mass is 35.5. The Bertz CT molecular complexity index is 949. The fraction of sp³-hybridized carbons (Fsp3) is 0.381. The number of halogens is 4. The molecule has 1 aromatic heterocycles. The summed E-state index contributed by atoms with van der Waals surface area (Å²) in [7, 11) is 1.45. The maximum absolute atomic E-state index is 12.8. The summed E-state index contributed by atoms with van der Waals surface area (Å²) in [6.07, 6.45) is 0.00714. The normalized spacial score (nSPS) is 18.0. The van der Waals surface area contributed by atoms with Crippen molar-refractivity contribution in [1.82, 2.24) is 10.3 Å². The van der Waals surface area contributed by atoms with Crippen LogP contribution in [0.15, 0.2) is 41.7 Å². The van der Waals surface area contributed by atoms with Crippen LogP contribution in [0, 0.1) is 0 Å². The van der Waals surface area contributed by atoms with Crippen LogP contribution in [0.4, 0.5) is 13.2 Å². The van der Waals surface area contributed by atoms with Gasteiger partial charge in [-0.1, -0.05) is 35.3 Å². The van der Waals surface area contributed by atoms with E-state index in [1.54, 1.807) is 24.3 Å². The second kappa shape index (κ2) is 10.00. The van der Waals surface area contributed by atoms with Crippen LogP contribution in [-0.2, 0) is 4.84 Å². The summed E-state index contributed by atoms with van der Waals surface area (Å²) >= 11 is 5.91. The molecule has 31 heavy (non-hydrogen) atoms. The van der Waals surface area contributed by atoms with Crippen LogP contribution in [0.5, 0.6) is 5.88 Å². The molecule has 0 radical (unpaired) electrons. The average Bonchev–Trinajstić information content (AvgIpc) is 2.74. The van der Waals surface area contributed by atoms with Crippen molar-refractivity contribution in [2.75, 3.05) is 13.7 Å². The molecule has 1 aromatic carbocycles. The molecule has 1 saturated carbocycles. The lowest BCUT2D eigenvalue weighted by atomic mass is 9.93. The van der Waals surface area contributed by atoms with Gasteiger partial charge in [0.05, 0.1) is 17.3 Å². The van der Waals surface area contributed by atoms with E-state index < -0.39 is 18.7 Å². The summed E-state index contributed by atoms with van der Waals surface area (Å²) in [5, 5.41) is 7.36. The number of rotatable bonds is 6. The molecule has 2 aromatic rings. The number of carbonyl (C=O) groups excluding carboxylic acids is 1. The van der Waals surface area contributed by atoms with Gasteiger partial charge >= 0.3 is 6.18 Å². The van der Waals surface area contributed by atoms with Crippen LogP contribution < -0.4 is 10.1 Å². The van der Waals surface area contributed by atoms with E-state index in [0.29, 0.717) is 10.6 Å². The van der Waals surface area contributed by atoms with Gasteiger partial charge < -0.3 is 14.9 Å². The molecule has 1 unspecified atom stereocenters. The number of nitrogens with zero attached hydrogens (tertiary/aromatic N) is 2. The molecule has 166 valence electrons. The highest BCUT2D eigenvalue weighted by Crippen LogP contribution is 2.31. The van der Waals surface area contributed by atoms with Crippen molar-refractivity contribution in [3.8, 4) is 17.0 Å². The predicted molar refractivity (Wildman–Crippen MR) is 110 cm³/mol. The maximum Gasteiger partial charge on any atom is 0.422 e. The molecule has 6 nitrogen and oxygen atoms in total. The van der Waals surface area contributed by atoms with Gasteiger partial charge in [-0.2, -0.15) is 13.2 Å². The van der Waals surface area contributed by atoms with E-state index in [4.69, 9.17) is 21.2 Å². The second-order valence-corrected chi connectivity index (χ2v) is 7.46. The van der Waals surface area contributed by atoms with Gasteiger partial charge in [0.2, 0.25) is 5.88 Å². The summed E-state index contributed by atoms with van der Waals surface area (Å²) in [6, 6.07) is 7.59. The van der Waals surface area contributed by atoms with Gasteiger partial charge in [-0.15, -0.1) is 0 Å². The third kappa shape index (κ3) is 6.33. The molecule has 1 aliphatic carbocycles. The number of nitrogens with one attached hydrogen (secondary N) is 1. The smallest absolute Gasteiger partial charge is 0.422 e. The second-order valence-electron chi connectivity index (χ2n) is 7.02. The molecule has 1 atom stereocenters. The third-order valence-electron chi connectivity index (χ3n) is 4.73. The Labute approximate surface area is 182 Å². The Kier molecular flexibility index (Phi) is 7.37. The molecule has 0 spiro atoms. The van der Waals surface area contributed by atoms with E-state index in [0.717, 1.165) is 31.4 Å². The number of alkyl halides is 3. The summed E-state index contributed by atoms with van der Waals surface area (Å²) in [5.74, 6) is -0.642. The Morgan fingerprint density at radius 3 is 2.71 bits per heavy atom. The minimum absolute atomic E-state index is 0.187. The first-order valence-corrected chi connectivity index (χ1v) is 10.0. The van der Waals surface area contributed by atoms with Crippen molar-refractivity contribution in [2.24, 2.45) is 5.16 Å². The number of benzene rings is 1. The van der Waals surface area contributed by atoms with Gasteiger partial charge in [0, 0.05) is 16.8 Å². The van der Waals surface area contributed by atoms with Crippen molar-refractivity contribution < 1.29 is 27.5 Å². The minimum atomic E-state index is -4.52. The van der Waals surface area contributed by atoms with Gasteiger partial charge in [-0.3, -0.25) is 4.79 Å². The number of amides is 1. The number of hydrogen-bond donors (Lipinski definition) is 1. The zero-order valence-electron chi connectivity index (χ0n) is 16.7. The summed E-state index contributed by atoms with van der Waals surface area (Å²) < 4.78 is 42.8. The first-order chi connectivity index (χ1) is 14.8. The molecule has 0 bridgehead atoms. The van der Waals surface area contributed by atoms with Crippen molar-refractivity contribution in [1.29, 1.82) is 0 Å². The lowest BCUT2D eigenvalue weighted by Gasteiger charge is -2.24. The van der Waals surface area contributed by atoms with Gasteiger partial charge in [-0.25, -0.2) is 4.98 Å². The molecule has 3 rings (SSSR count). The molecular formula is C21H21ClF3N3O3. The zero-order valence-corrected chi connectivity index (χ0v) is 17.5. The van der Waals surface area contributed by atoms with Crippen LogP contribution >= 0.6 is 11.6 Å². The lowest BCUT2D eigenvalue weighted by Crippen LogP contribution is -2.42. The van der Waals surface area contributed by atoms with Crippen LogP contribution in [0.3, 0.4) is 0 Å².